The first-order valence-corrected chi connectivity index (χ1v) is 13.7. The maximum atomic E-state index is 14.9. The van der Waals surface area contributed by atoms with Gasteiger partial charge in [0.1, 0.15) is 11.8 Å². The minimum absolute atomic E-state index is 0.0590. The van der Waals surface area contributed by atoms with Crippen molar-refractivity contribution >= 4 is 52.0 Å². The fourth-order valence-electron chi connectivity index (χ4n) is 5.18. The zero-order chi connectivity index (χ0) is 26.0. The Balaban J connectivity index is 0.976. The summed E-state index contributed by atoms with van der Waals surface area (Å²) in [7, 11) is 0. The molecule has 0 bridgehead atoms. The number of carbonyl (C=O) groups excluding carboxylic acids is 2. The zero-order valence-corrected chi connectivity index (χ0v) is 21.2. The van der Waals surface area contributed by atoms with Crippen LogP contribution in [0.25, 0.3) is 11.0 Å². The van der Waals surface area contributed by atoms with Crippen molar-refractivity contribution in [3.05, 3.63) is 52.6 Å². The Bertz CT molecular complexity index is 1540. The molecule has 1 unspecified atom stereocenters. The van der Waals surface area contributed by atoms with Crippen LogP contribution in [-0.4, -0.2) is 65.6 Å². The molecule has 1 aromatic carbocycles. The minimum atomic E-state index is -0.499. The lowest BCUT2D eigenvalue weighted by Gasteiger charge is -2.41. The Morgan fingerprint density at radius 3 is 2.79 bits per heavy atom. The molecule has 1 saturated carbocycles. The second kappa shape index (κ2) is 8.98. The summed E-state index contributed by atoms with van der Waals surface area (Å²) in [6.07, 6.45) is 3.06. The third-order valence-electron chi connectivity index (χ3n) is 7.37. The number of pyridine rings is 2. The molecule has 2 amide bonds. The van der Waals surface area contributed by atoms with Crippen LogP contribution in [0.2, 0.25) is 0 Å². The highest BCUT2D eigenvalue weighted by Gasteiger charge is 2.36. The molecule has 10 nitrogen and oxygen atoms in total. The SMILES string of the molecule is O=C1CSc2ccc(N3CC(CNC4CN(c5nc6c(cc5F)c(=O)ccn6C5CC5)C4)OC3=O)cc2N1. The van der Waals surface area contributed by atoms with Gasteiger partial charge in [0, 0.05) is 54.6 Å². The second-order valence-electron chi connectivity index (χ2n) is 10.1. The van der Waals surface area contributed by atoms with Crippen molar-refractivity contribution in [2.24, 2.45) is 0 Å². The number of nitrogens with one attached hydrogen (secondary N) is 2. The number of benzene rings is 1. The molecule has 0 spiro atoms. The molecule has 196 valence electrons. The summed E-state index contributed by atoms with van der Waals surface area (Å²) < 4.78 is 22.4. The van der Waals surface area contributed by atoms with E-state index in [1.54, 1.807) is 17.2 Å². The van der Waals surface area contributed by atoms with Crippen LogP contribution in [0.3, 0.4) is 0 Å². The van der Waals surface area contributed by atoms with Crippen LogP contribution in [0.4, 0.5) is 26.4 Å². The van der Waals surface area contributed by atoms with Gasteiger partial charge in [0.2, 0.25) is 5.91 Å². The van der Waals surface area contributed by atoms with E-state index in [1.807, 2.05) is 21.6 Å². The number of thioether (sulfide) groups is 1. The number of fused-ring (bicyclic) bond motifs is 2. The Hall–Kier alpha value is -3.64. The molecule has 2 saturated heterocycles. The molecule has 12 heteroatoms. The average Bonchev–Trinajstić information content (AvgIpc) is 3.65. The van der Waals surface area contributed by atoms with Crippen LogP contribution < -0.4 is 25.9 Å². The lowest BCUT2D eigenvalue weighted by molar-refractivity contribution is -0.113. The average molecular weight is 537 g/mol. The lowest BCUT2D eigenvalue weighted by Crippen LogP contribution is -2.59. The van der Waals surface area contributed by atoms with Crippen LogP contribution in [-0.2, 0) is 9.53 Å². The topological polar surface area (TPSA) is 109 Å². The van der Waals surface area contributed by atoms with Gasteiger partial charge in [-0.25, -0.2) is 14.2 Å². The summed E-state index contributed by atoms with van der Waals surface area (Å²) in [5.41, 5.74) is 1.69. The first-order valence-electron chi connectivity index (χ1n) is 12.7. The molecular weight excluding hydrogens is 511 g/mol. The van der Waals surface area contributed by atoms with E-state index >= 15 is 0 Å². The van der Waals surface area contributed by atoms with Gasteiger partial charge in [-0.2, -0.15) is 0 Å². The van der Waals surface area contributed by atoms with Crippen molar-refractivity contribution in [2.75, 3.05) is 47.0 Å². The number of carbonyl (C=O) groups is 2. The zero-order valence-electron chi connectivity index (χ0n) is 20.4. The summed E-state index contributed by atoms with van der Waals surface area (Å²) in [5, 5.41) is 6.56. The first-order chi connectivity index (χ1) is 18.4. The number of rotatable bonds is 6. The predicted molar refractivity (Wildman–Crippen MR) is 142 cm³/mol. The van der Waals surface area contributed by atoms with E-state index in [0.29, 0.717) is 60.4 Å². The fourth-order valence-corrected chi connectivity index (χ4v) is 5.97. The predicted octanol–water partition coefficient (Wildman–Crippen LogP) is 2.72. The highest BCUT2D eigenvalue weighted by atomic mass is 32.2. The normalized spacial score (nSPS) is 21.3. The molecule has 0 radical (unpaired) electrons. The molecule has 5 heterocycles. The summed E-state index contributed by atoms with van der Waals surface area (Å²) in [4.78, 5) is 45.5. The van der Waals surface area contributed by atoms with Gasteiger partial charge in [-0.1, -0.05) is 0 Å². The van der Waals surface area contributed by atoms with Crippen molar-refractivity contribution in [3.63, 3.8) is 0 Å². The molecule has 2 aromatic heterocycles. The highest BCUT2D eigenvalue weighted by molar-refractivity contribution is 8.00. The van der Waals surface area contributed by atoms with Gasteiger partial charge in [-0.15, -0.1) is 11.8 Å². The third kappa shape index (κ3) is 4.17. The Morgan fingerprint density at radius 2 is 1.97 bits per heavy atom. The highest BCUT2D eigenvalue weighted by Crippen LogP contribution is 2.37. The number of halogens is 1. The van der Waals surface area contributed by atoms with Crippen molar-refractivity contribution in [3.8, 4) is 0 Å². The number of aromatic nitrogens is 2. The van der Waals surface area contributed by atoms with E-state index in [9.17, 15) is 18.8 Å². The van der Waals surface area contributed by atoms with E-state index in [4.69, 9.17) is 4.74 Å². The first kappa shape index (κ1) is 23.5. The summed E-state index contributed by atoms with van der Waals surface area (Å²) in [6, 6.07) is 8.76. The van der Waals surface area contributed by atoms with Crippen LogP contribution in [0.15, 0.2) is 46.2 Å². The van der Waals surface area contributed by atoms with Gasteiger partial charge >= 0.3 is 6.09 Å². The molecule has 3 aliphatic heterocycles. The van der Waals surface area contributed by atoms with Gasteiger partial charge in [0.15, 0.2) is 17.1 Å². The Kier molecular flexibility index (Phi) is 5.55. The molecule has 1 aliphatic carbocycles. The quantitative estimate of drug-likeness (QED) is 0.495. The largest absolute Gasteiger partial charge is 0.443 e. The van der Waals surface area contributed by atoms with E-state index in [-0.39, 0.29) is 29.3 Å². The van der Waals surface area contributed by atoms with E-state index < -0.39 is 11.9 Å². The van der Waals surface area contributed by atoms with Crippen molar-refractivity contribution in [1.29, 1.82) is 0 Å². The van der Waals surface area contributed by atoms with Crippen LogP contribution in [0.1, 0.15) is 18.9 Å². The van der Waals surface area contributed by atoms with Crippen LogP contribution in [0.5, 0.6) is 0 Å². The standard InChI is InChI=1S/C26H25FN6O4S/c27-19-8-18-21(34)5-6-32(15-1-2-15)24(18)30-25(19)31-10-14(11-31)28-9-17-12-33(26(36)37-17)16-3-4-22-20(7-16)29-23(35)13-38-22/h3-8,14-15,17,28H,1-2,9-13H2,(H,29,35). The number of cyclic esters (lactones) is 1. The Labute approximate surface area is 221 Å². The van der Waals surface area contributed by atoms with Gasteiger partial charge in [-0.3, -0.25) is 14.5 Å². The second-order valence-corrected chi connectivity index (χ2v) is 11.1. The molecule has 7 rings (SSSR count). The smallest absolute Gasteiger partial charge is 0.414 e. The monoisotopic (exact) mass is 536 g/mol. The molecule has 38 heavy (non-hydrogen) atoms. The van der Waals surface area contributed by atoms with E-state index in [1.165, 1.54) is 23.9 Å². The molecule has 2 N–H and O–H groups in total. The van der Waals surface area contributed by atoms with Crippen molar-refractivity contribution in [1.82, 2.24) is 14.9 Å². The summed E-state index contributed by atoms with van der Waals surface area (Å²) in [5.74, 6) is 0.0832. The minimum Gasteiger partial charge on any atom is -0.443 e. The maximum Gasteiger partial charge on any atom is 0.414 e. The molecular formula is C26H25FN6O4S. The fraction of sp³-hybridized carbons (Fsp3) is 0.385. The summed E-state index contributed by atoms with van der Waals surface area (Å²) >= 11 is 1.47. The van der Waals surface area contributed by atoms with Crippen molar-refractivity contribution < 1.29 is 18.7 Å². The van der Waals surface area contributed by atoms with Crippen molar-refractivity contribution in [2.45, 2.75) is 35.9 Å². The molecule has 1 atom stereocenters. The molecule has 4 aliphatic rings. The Morgan fingerprint density at radius 1 is 1.13 bits per heavy atom. The number of nitrogens with zero attached hydrogens (tertiary/aromatic N) is 4. The number of hydrogen-bond acceptors (Lipinski definition) is 8. The number of anilines is 3. The van der Waals surface area contributed by atoms with Gasteiger partial charge in [0.25, 0.3) is 0 Å². The maximum absolute atomic E-state index is 14.9. The molecule has 3 fully saturated rings. The van der Waals surface area contributed by atoms with E-state index in [0.717, 1.165) is 17.7 Å². The number of ether oxygens (including phenoxy) is 1. The van der Waals surface area contributed by atoms with E-state index in [2.05, 4.69) is 15.6 Å². The molecule has 3 aromatic rings. The number of amides is 2. The lowest BCUT2D eigenvalue weighted by atomic mass is 10.1. The number of hydrogen-bond donors (Lipinski definition) is 2. The van der Waals surface area contributed by atoms with Crippen LogP contribution in [0, 0.1) is 5.82 Å². The van der Waals surface area contributed by atoms with Gasteiger partial charge in [-0.05, 0) is 37.1 Å². The van der Waals surface area contributed by atoms with Gasteiger partial charge in [0.05, 0.1) is 23.4 Å². The third-order valence-corrected chi connectivity index (χ3v) is 8.44. The van der Waals surface area contributed by atoms with Gasteiger partial charge < -0.3 is 24.8 Å². The summed E-state index contributed by atoms with van der Waals surface area (Å²) in [6.45, 7) is 1.97. The van der Waals surface area contributed by atoms with Crippen LogP contribution >= 0.6 is 11.8 Å².